The van der Waals surface area contributed by atoms with Crippen LogP contribution >= 0.6 is 0 Å². The molecule has 0 unspecified atom stereocenters. The van der Waals surface area contributed by atoms with E-state index in [0.717, 1.165) is 35.0 Å². The Labute approximate surface area is 124 Å². The number of ether oxygens (including phenoxy) is 3. The second kappa shape index (κ2) is 5.95. The average Bonchev–Trinajstić information content (AvgIpc) is 2.94. The summed E-state index contributed by atoms with van der Waals surface area (Å²) in [5.74, 6) is 2.54. The van der Waals surface area contributed by atoms with Crippen molar-refractivity contribution < 1.29 is 14.2 Å². The third-order valence-electron chi connectivity index (χ3n) is 3.43. The highest BCUT2D eigenvalue weighted by Gasteiger charge is 2.13. The van der Waals surface area contributed by atoms with E-state index in [4.69, 9.17) is 14.2 Å². The summed E-state index contributed by atoms with van der Waals surface area (Å²) < 4.78 is 16.2. The number of aryl methyl sites for hydroxylation is 1. The van der Waals surface area contributed by atoms with Crippen LogP contribution in [0.2, 0.25) is 0 Å². The summed E-state index contributed by atoms with van der Waals surface area (Å²) in [4.78, 5) is 0. The Morgan fingerprint density at radius 2 is 1.95 bits per heavy atom. The van der Waals surface area contributed by atoms with Crippen LogP contribution in [0.5, 0.6) is 17.2 Å². The van der Waals surface area contributed by atoms with Crippen molar-refractivity contribution in [1.82, 2.24) is 0 Å². The number of anilines is 1. The molecule has 0 aromatic heterocycles. The summed E-state index contributed by atoms with van der Waals surface area (Å²) in [6.07, 6.45) is 0. The van der Waals surface area contributed by atoms with Crippen molar-refractivity contribution in [2.75, 3.05) is 18.7 Å². The molecule has 2 aromatic carbocycles. The van der Waals surface area contributed by atoms with Crippen molar-refractivity contribution >= 4 is 5.69 Å². The van der Waals surface area contributed by atoms with Gasteiger partial charge in [0.2, 0.25) is 6.79 Å². The minimum Gasteiger partial charge on any atom is -0.494 e. The van der Waals surface area contributed by atoms with Gasteiger partial charge in [0.25, 0.3) is 0 Å². The van der Waals surface area contributed by atoms with E-state index in [1.54, 1.807) is 0 Å². The van der Waals surface area contributed by atoms with Crippen molar-refractivity contribution in [3.63, 3.8) is 0 Å². The van der Waals surface area contributed by atoms with E-state index >= 15 is 0 Å². The lowest BCUT2D eigenvalue weighted by molar-refractivity contribution is 0.174. The lowest BCUT2D eigenvalue weighted by Gasteiger charge is -2.12. The fraction of sp³-hybridized carbons (Fsp3) is 0.294. The molecular weight excluding hydrogens is 266 g/mol. The molecule has 0 saturated carbocycles. The number of rotatable bonds is 5. The van der Waals surface area contributed by atoms with Crippen molar-refractivity contribution in [3.8, 4) is 17.2 Å². The van der Waals surface area contributed by atoms with Crippen LogP contribution in [-0.4, -0.2) is 13.4 Å². The first kappa shape index (κ1) is 13.6. The van der Waals surface area contributed by atoms with E-state index in [2.05, 4.69) is 12.2 Å². The monoisotopic (exact) mass is 285 g/mol. The number of hydrogen-bond acceptors (Lipinski definition) is 4. The first-order valence-electron chi connectivity index (χ1n) is 7.12. The third-order valence-corrected chi connectivity index (χ3v) is 3.43. The van der Waals surface area contributed by atoms with Crippen molar-refractivity contribution in [2.45, 2.75) is 20.4 Å². The first-order chi connectivity index (χ1) is 10.3. The standard InChI is InChI=1S/C17H19NO3/c1-3-19-14-5-6-15(12(2)8-14)18-10-13-4-7-16-17(9-13)21-11-20-16/h4-9,18H,3,10-11H2,1-2H3. The zero-order valence-corrected chi connectivity index (χ0v) is 12.3. The summed E-state index contributed by atoms with van der Waals surface area (Å²) in [6, 6.07) is 12.1. The molecule has 1 N–H and O–H groups in total. The second-order valence-corrected chi connectivity index (χ2v) is 4.95. The largest absolute Gasteiger partial charge is 0.494 e. The first-order valence-corrected chi connectivity index (χ1v) is 7.12. The summed E-state index contributed by atoms with van der Waals surface area (Å²) in [5, 5.41) is 3.44. The molecule has 0 atom stereocenters. The summed E-state index contributed by atoms with van der Waals surface area (Å²) in [6.45, 7) is 5.80. The van der Waals surface area contributed by atoms with Crippen LogP contribution in [0.3, 0.4) is 0 Å². The molecule has 1 aliphatic heterocycles. The van der Waals surface area contributed by atoms with Gasteiger partial charge in [0, 0.05) is 12.2 Å². The van der Waals surface area contributed by atoms with Gasteiger partial charge in [-0.3, -0.25) is 0 Å². The Hall–Kier alpha value is -2.36. The Morgan fingerprint density at radius 1 is 1.10 bits per heavy atom. The third kappa shape index (κ3) is 3.05. The number of benzene rings is 2. The maximum atomic E-state index is 5.50. The topological polar surface area (TPSA) is 39.7 Å². The van der Waals surface area contributed by atoms with Crippen molar-refractivity contribution in [1.29, 1.82) is 0 Å². The predicted molar refractivity (Wildman–Crippen MR) is 82.2 cm³/mol. The van der Waals surface area contributed by atoms with Gasteiger partial charge >= 0.3 is 0 Å². The van der Waals surface area contributed by atoms with E-state index in [-0.39, 0.29) is 0 Å². The molecule has 21 heavy (non-hydrogen) atoms. The highest BCUT2D eigenvalue weighted by atomic mass is 16.7. The highest BCUT2D eigenvalue weighted by Crippen LogP contribution is 2.32. The Morgan fingerprint density at radius 3 is 2.76 bits per heavy atom. The van der Waals surface area contributed by atoms with Gasteiger partial charge in [0.1, 0.15) is 5.75 Å². The molecule has 4 nitrogen and oxygen atoms in total. The maximum absolute atomic E-state index is 5.50. The molecule has 2 aromatic rings. The summed E-state index contributed by atoms with van der Waals surface area (Å²) in [7, 11) is 0. The Bertz CT molecular complexity index is 640. The van der Waals surface area contributed by atoms with Gasteiger partial charge in [-0.2, -0.15) is 0 Å². The van der Waals surface area contributed by atoms with Crippen LogP contribution in [0.15, 0.2) is 36.4 Å². The van der Waals surface area contributed by atoms with E-state index in [1.807, 2.05) is 43.3 Å². The van der Waals surface area contributed by atoms with Gasteiger partial charge < -0.3 is 19.5 Å². The van der Waals surface area contributed by atoms with Gasteiger partial charge in [-0.05, 0) is 55.3 Å². The smallest absolute Gasteiger partial charge is 0.231 e. The van der Waals surface area contributed by atoms with Gasteiger partial charge in [0.05, 0.1) is 6.61 Å². The summed E-state index contributed by atoms with van der Waals surface area (Å²) in [5.41, 5.74) is 3.44. The fourth-order valence-corrected chi connectivity index (χ4v) is 2.34. The second-order valence-electron chi connectivity index (χ2n) is 4.95. The molecule has 0 bridgehead atoms. The molecule has 110 valence electrons. The lowest BCUT2D eigenvalue weighted by atomic mass is 10.1. The lowest BCUT2D eigenvalue weighted by Crippen LogP contribution is -2.01. The van der Waals surface area contributed by atoms with Crippen LogP contribution in [0, 0.1) is 6.92 Å². The Kier molecular flexibility index (Phi) is 3.86. The fourth-order valence-electron chi connectivity index (χ4n) is 2.34. The molecular formula is C17H19NO3. The van der Waals surface area contributed by atoms with Crippen molar-refractivity contribution in [3.05, 3.63) is 47.5 Å². The maximum Gasteiger partial charge on any atom is 0.231 e. The molecule has 0 saturated heterocycles. The SMILES string of the molecule is CCOc1ccc(NCc2ccc3c(c2)OCO3)c(C)c1. The summed E-state index contributed by atoms with van der Waals surface area (Å²) >= 11 is 0. The number of fused-ring (bicyclic) bond motifs is 1. The van der Waals surface area contributed by atoms with Gasteiger partial charge in [-0.1, -0.05) is 6.07 Å². The quantitative estimate of drug-likeness (QED) is 0.908. The molecule has 4 heteroatoms. The van der Waals surface area contributed by atoms with Crippen LogP contribution in [0.25, 0.3) is 0 Å². The zero-order valence-electron chi connectivity index (χ0n) is 12.3. The van der Waals surface area contributed by atoms with Crippen molar-refractivity contribution in [2.24, 2.45) is 0 Å². The van der Waals surface area contributed by atoms with E-state index in [0.29, 0.717) is 13.4 Å². The van der Waals surface area contributed by atoms with Crippen LogP contribution in [0.4, 0.5) is 5.69 Å². The van der Waals surface area contributed by atoms with E-state index < -0.39 is 0 Å². The Balaban J connectivity index is 1.67. The number of nitrogens with one attached hydrogen (secondary N) is 1. The molecule has 1 aliphatic rings. The minimum atomic E-state index is 0.310. The molecule has 0 spiro atoms. The highest BCUT2D eigenvalue weighted by molar-refractivity contribution is 5.54. The van der Waals surface area contributed by atoms with E-state index in [1.165, 1.54) is 5.56 Å². The van der Waals surface area contributed by atoms with Gasteiger partial charge in [0.15, 0.2) is 11.5 Å². The number of hydrogen-bond donors (Lipinski definition) is 1. The minimum absolute atomic E-state index is 0.310. The predicted octanol–water partition coefficient (Wildman–Crippen LogP) is 3.73. The van der Waals surface area contributed by atoms with E-state index in [9.17, 15) is 0 Å². The van der Waals surface area contributed by atoms with Crippen LogP contribution < -0.4 is 19.5 Å². The zero-order chi connectivity index (χ0) is 14.7. The molecule has 0 aliphatic carbocycles. The van der Waals surface area contributed by atoms with Gasteiger partial charge in [-0.15, -0.1) is 0 Å². The van der Waals surface area contributed by atoms with Crippen LogP contribution in [0.1, 0.15) is 18.1 Å². The molecule has 3 rings (SSSR count). The molecule has 0 radical (unpaired) electrons. The van der Waals surface area contributed by atoms with Gasteiger partial charge in [-0.25, -0.2) is 0 Å². The normalized spacial score (nSPS) is 12.3. The molecule has 0 amide bonds. The molecule has 1 heterocycles. The van der Waals surface area contributed by atoms with Crippen LogP contribution in [-0.2, 0) is 6.54 Å². The average molecular weight is 285 g/mol. The molecule has 0 fully saturated rings.